The second-order valence-corrected chi connectivity index (χ2v) is 4.80. The van der Waals surface area contributed by atoms with Crippen LogP contribution in [0.3, 0.4) is 0 Å². The normalized spacial score (nSPS) is 22.4. The van der Waals surface area contributed by atoms with Gasteiger partial charge >= 0.3 is 11.9 Å². The van der Waals surface area contributed by atoms with Gasteiger partial charge in [-0.1, -0.05) is 0 Å². The van der Waals surface area contributed by atoms with E-state index in [1.807, 2.05) is 0 Å². The smallest absolute Gasteiger partial charge is 0.433 e. The number of rotatable bonds is 5. The van der Waals surface area contributed by atoms with Gasteiger partial charge in [0.05, 0.1) is 25.2 Å². The van der Waals surface area contributed by atoms with Crippen molar-refractivity contribution in [2.75, 3.05) is 7.11 Å². The Morgan fingerprint density at radius 1 is 1.40 bits per heavy atom. The minimum Gasteiger partial charge on any atom is -0.469 e. The number of ether oxygens (including phenoxy) is 2. The number of carbonyl (C=O) groups is 1. The van der Waals surface area contributed by atoms with Crippen LogP contribution in [-0.4, -0.2) is 24.1 Å². The first-order chi connectivity index (χ1) is 9.60. The van der Waals surface area contributed by atoms with Crippen LogP contribution in [0.1, 0.15) is 31.4 Å². The van der Waals surface area contributed by atoms with Gasteiger partial charge in [0.1, 0.15) is 17.3 Å². The molecule has 1 fully saturated rings. The molecule has 0 bridgehead atoms. The van der Waals surface area contributed by atoms with E-state index in [2.05, 4.69) is 0 Å². The van der Waals surface area contributed by atoms with Crippen LogP contribution in [0.2, 0.25) is 0 Å². The standard InChI is InChI=1S/C13H17NO6/c1-18-13(15)9-2-4-10(5-3-9)19-8-11-6-7-12(20-11)14(16)17/h6-7,9-10H,2-5,8H2,1H3. The molecule has 0 radical (unpaired) electrons. The number of carbonyl (C=O) groups excluding carboxylic acids is 1. The number of methoxy groups -OCH3 is 1. The molecular weight excluding hydrogens is 266 g/mol. The van der Waals surface area contributed by atoms with E-state index in [-0.39, 0.29) is 30.5 Å². The molecule has 0 aliphatic heterocycles. The SMILES string of the molecule is COC(=O)C1CCC(OCc2ccc([N+](=O)[O-])o2)CC1. The molecule has 1 heterocycles. The van der Waals surface area contributed by atoms with Crippen molar-refractivity contribution in [2.24, 2.45) is 5.92 Å². The lowest BCUT2D eigenvalue weighted by atomic mass is 9.87. The van der Waals surface area contributed by atoms with Crippen molar-refractivity contribution >= 4 is 11.9 Å². The van der Waals surface area contributed by atoms with E-state index < -0.39 is 4.92 Å². The largest absolute Gasteiger partial charge is 0.469 e. The van der Waals surface area contributed by atoms with E-state index in [1.54, 1.807) is 0 Å². The monoisotopic (exact) mass is 283 g/mol. The summed E-state index contributed by atoms with van der Waals surface area (Å²) in [6.45, 7) is 0.210. The summed E-state index contributed by atoms with van der Waals surface area (Å²) >= 11 is 0. The first-order valence-electron chi connectivity index (χ1n) is 6.52. The van der Waals surface area contributed by atoms with Gasteiger partial charge in [-0.3, -0.25) is 14.9 Å². The van der Waals surface area contributed by atoms with E-state index >= 15 is 0 Å². The molecule has 0 atom stereocenters. The number of hydrogen-bond donors (Lipinski definition) is 0. The highest BCUT2D eigenvalue weighted by molar-refractivity contribution is 5.72. The summed E-state index contributed by atoms with van der Waals surface area (Å²) in [5.74, 6) is -0.0422. The molecule has 0 aromatic carbocycles. The Labute approximate surface area is 116 Å². The average Bonchev–Trinajstić information content (AvgIpc) is 2.94. The van der Waals surface area contributed by atoms with E-state index in [0.29, 0.717) is 5.76 Å². The highest BCUT2D eigenvalue weighted by atomic mass is 16.6. The molecule has 1 aliphatic rings. The lowest BCUT2D eigenvalue weighted by Crippen LogP contribution is -2.26. The Hall–Kier alpha value is -1.89. The van der Waals surface area contributed by atoms with Gasteiger partial charge in [-0.05, 0) is 31.7 Å². The summed E-state index contributed by atoms with van der Waals surface area (Å²) in [6, 6.07) is 2.85. The van der Waals surface area contributed by atoms with Gasteiger partial charge in [0, 0.05) is 0 Å². The summed E-state index contributed by atoms with van der Waals surface area (Å²) in [4.78, 5) is 21.3. The lowest BCUT2D eigenvalue weighted by molar-refractivity contribution is -0.402. The van der Waals surface area contributed by atoms with Crippen LogP contribution in [0.25, 0.3) is 0 Å². The van der Waals surface area contributed by atoms with Gasteiger partial charge < -0.3 is 13.9 Å². The maximum Gasteiger partial charge on any atom is 0.433 e. The van der Waals surface area contributed by atoms with Gasteiger partial charge in [0.25, 0.3) is 0 Å². The topological polar surface area (TPSA) is 91.8 Å². The van der Waals surface area contributed by atoms with Crippen LogP contribution in [0.15, 0.2) is 16.5 Å². The maximum atomic E-state index is 11.4. The van der Waals surface area contributed by atoms with E-state index in [1.165, 1.54) is 19.2 Å². The summed E-state index contributed by atoms with van der Waals surface area (Å²) in [6.07, 6.45) is 3.11. The summed E-state index contributed by atoms with van der Waals surface area (Å²) in [5, 5.41) is 10.5. The van der Waals surface area contributed by atoms with E-state index in [9.17, 15) is 14.9 Å². The molecule has 0 unspecified atom stereocenters. The molecule has 20 heavy (non-hydrogen) atoms. The zero-order valence-electron chi connectivity index (χ0n) is 11.2. The van der Waals surface area contributed by atoms with Gasteiger partial charge in [0.15, 0.2) is 0 Å². The molecular formula is C13H17NO6. The van der Waals surface area contributed by atoms with Crippen LogP contribution >= 0.6 is 0 Å². The molecule has 110 valence electrons. The third-order valence-electron chi connectivity index (χ3n) is 3.50. The Bertz CT molecular complexity index is 475. The van der Waals surface area contributed by atoms with Crippen molar-refractivity contribution < 1.29 is 23.6 Å². The molecule has 0 saturated heterocycles. The fourth-order valence-corrected chi connectivity index (χ4v) is 2.37. The van der Waals surface area contributed by atoms with Crippen LogP contribution in [0.4, 0.5) is 5.88 Å². The first-order valence-corrected chi connectivity index (χ1v) is 6.52. The molecule has 2 rings (SSSR count). The van der Waals surface area contributed by atoms with Gasteiger partial charge in [0.2, 0.25) is 0 Å². The fraction of sp³-hybridized carbons (Fsp3) is 0.615. The number of nitro groups is 1. The zero-order chi connectivity index (χ0) is 14.5. The molecule has 1 aromatic rings. The molecule has 1 aromatic heterocycles. The second-order valence-electron chi connectivity index (χ2n) is 4.80. The van der Waals surface area contributed by atoms with Crippen LogP contribution in [0, 0.1) is 16.0 Å². The highest BCUT2D eigenvalue weighted by Gasteiger charge is 2.27. The third kappa shape index (κ3) is 3.57. The van der Waals surface area contributed by atoms with Crippen molar-refractivity contribution in [3.8, 4) is 0 Å². The van der Waals surface area contributed by atoms with Crippen molar-refractivity contribution in [1.82, 2.24) is 0 Å². The Kier molecular flexibility index (Phi) is 4.73. The molecule has 7 heteroatoms. The predicted molar refractivity (Wildman–Crippen MR) is 67.9 cm³/mol. The van der Waals surface area contributed by atoms with Gasteiger partial charge in [-0.25, -0.2) is 0 Å². The fourth-order valence-electron chi connectivity index (χ4n) is 2.37. The zero-order valence-corrected chi connectivity index (χ0v) is 11.2. The number of hydrogen-bond acceptors (Lipinski definition) is 6. The van der Waals surface area contributed by atoms with Crippen molar-refractivity contribution in [3.63, 3.8) is 0 Å². The number of nitrogens with zero attached hydrogens (tertiary/aromatic N) is 1. The average molecular weight is 283 g/mol. The summed E-state index contributed by atoms with van der Waals surface area (Å²) in [7, 11) is 1.40. The Morgan fingerprint density at radius 2 is 2.10 bits per heavy atom. The minimum absolute atomic E-state index is 0.0375. The number of esters is 1. The van der Waals surface area contributed by atoms with Crippen molar-refractivity contribution in [3.05, 3.63) is 28.0 Å². The molecule has 1 saturated carbocycles. The third-order valence-corrected chi connectivity index (χ3v) is 3.50. The van der Waals surface area contributed by atoms with Gasteiger partial charge in [-0.2, -0.15) is 0 Å². The molecule has 7 nitrogen and oxygen atoms in total. The second kappa shape index (κ2) is 6.51. The van der Waals surface area contributed by atoms with Crippen LogP contribution in [0.5, 0.6) is 0 Å². The molecule has 0 spiro atoms. The Balaban J connectivity index is 1.75. The quantitative estimate of drug-likeness (QED) is 0.468. The summed E-state index contributed by atoms with van der Waals surface area (Å²) in [5.41, 5.74) is 0. The molecule has 1 aliphatic carbocycles. The highest BCUT2D eigenvalue weighted by Crippen LogP contribution is 2.28. The van der Waals surface area contributed by atoms with Crippen molar-refractivity contribution in [1.29, 1.82) is 0 Å². The summed E-state index contributed by atoms with van der Waals surface area (Å²) < 4.78 is 15.4. The number of furan rings is 1. The predicted octanol–water partition coefficient (Wildman–Crippen LogP) is 2.44. The molecule has 0 amide bonds. The Morgan fingerprint density at radius 3 is 2.65 bits per heavy atom. The van der Waals surface area contributed by atoms with Gasteiger partial charge in [-0.15, -0.1) is 0 Å². The maximum absolute atomic E-state index is 11.4. The molecule has 0 N–H and O–H groups in total. The van der Waals surface area contributed by atoms with E-state index in [0.717, 1.165) is 25.7 Å². The van der Waals surface area contributed by atoms with Crippen LogP contribution < -0.4 is 0 Å². The van der Waals surface area contributed by atoms with Crippen molar-refractivity contribution in [2.45, 2.75) is 38.4 Å². The van der Waals surface area contributed by atoms with E-state index in [4.69, 9.17) is 13.9 Å². The van der Waals surface area contributed by atoms with Crippen LogP contribution in [-0.2, 0) is 20.9 Å². The minimum atomic E-state index is -0.578. The lowest BCUT2D eigenvalue weighted by Gasteiger charge is -2.26. The first kappa shape index (κ1) is 14.5.